The van der Waals surface area contributed by atoms with Crippen LogP contribution in [0.1, 0.15) is 45.1 Å². The molecule has 0 saturated carbocycles. The Labute approximate surface area is 156 Å². The lowest BCUT2D eigenvalue weighted by Crippen LogP contribution is -2.46. The Bertz CT molecular complexity index is 645. The third-order valence-electron chi connectivity index (χ3n) is 5.78. The van der Waals surface area contributed by atoms with Gasteiger partial charge in [0, 0.05) is 51.4 Å². The van der Waals surface area contributed by atoms with E-state index < -0.39 is 0 Å². The summed E-state index contributed by atoms with van der Waals surface area (Å²) < 4.78 is 0. The van der Waals surface area contributed by atoms with E-state index in [1.165, 1.54) is 12.8 Å². The number of aromatic nitrogens is 1. The van der Waals surface area contributed by atoms with Crippen LogP contribution in [-0.2, 0) is 4.79 Å². The van der Waals surface area contributed by atoms with Crippen molar-refractivity contribution >= 4 is 11.7 Å². The molecule has 3 heterocycles. The van der Waals surface area contributed by atoms with Crippen LogP contribution in [0, 0.1) is 17.2 Å². The lowest BCUT2D eigenvalue weighted by molar-refractivity contribution is -0.130. The van der Waals surface area contributed by atoms with E-state index in [9.17, 15) is 4.79 Å². The molecule has 1 amide bonds. The molecule has 6 heteroatoms. The number of amides is 1. The molecule has 6 nitrogen and oxygen atoms in total. The first-order valence-corrected chi connectivity index (χ1v) is 9.73. The van der Waals surface area contributed by atoms with Crippen LogP contribution in [0.2, 0.25) is 0 Å². The fourth-order valence-corrected chi connectivity index (χ4v) is 4.31. The van der Waals surface area contributed by atoms with Crippen LogP contribution in [-0.4, -0.2) is 59.0 Å². The Morgan fingerprint density at radius 2 is 2.12 bits per heavy atom. The first-order chi connectivity index (χ1) is 12.6. The number of anilines is 1. The summed E-state index contributed by atoms with van der Waals surface area (Å²) in [5.41, 5.74) is 0.589. The lowest BCUT2D eigenvalue weighted by Gasteiger charge is -2.36. The van der Waals surface area contributed by atoms with Crippen LogP contribution < -0.4 is 5.32 Å². The molecule has 140 valence electrons. The quantitative estimate of drug-likeness (QED) is 0.878. The van der Waals surface area contributed by atoms with Crippen molar-refractivity contribution in [1.82, 2.24) is 14.8 Å². The van der Waals surface area contributed by atoms with Crippen molar-refractivity contribution in [2.75, 3.05) is 31.5 Å². The molecule has 0 aromatic carbocycles. The van der Waals surface area contributed by atoms with Crippen LogP contribution in [0.15, 0.2) is 18.3 Å². The molecular weight excluding hydrogens is 326 g/mol. The smallest absolute Gasteiger partial charge is 0.219 e. The standard InChI is InChI=1S/C20H29N5O/c1-3-4-17-13-25(18-7-9-24(10-8-18)15(2)26)14-19(17)23-20-6-5-16(11-21)12-22-20/h5-6,12,17-19H,3-4,7-10,13-14H2,1-2H3,(H,22,23)/t17-,19-/m0/s1. The molecule has 1 aromatic rings. The van der Waals surface area contributed by atoms with Gasteiger partial charge in [-0.1, -0.05) is 13.3 Å². The number of carbonyl (C=O) groups excluding carboxylic acids is 1. The third kappa shape index (κ3) is 4.34. The van der Waals surface area contributed by atoms with Crippen LogP contribution in [0.5, 0.6) is 0 Å². The zero-order valence-electron chi connectivity index (χ0n) is 15.8. The highest BCUT2D eigenvalue weighted by Gasteiger charge is 2.37. The highest BCUT2D eigenvalue weighted by Crippen LogP contribution is 2.29. The fourth-order valence-electron chi connectivity index (χ4n) is 4.31. The monoisotopic (exact) mass is 355 g/mol. The molecule has 0 unspecified atom stereocenters. The number of nitrogens with zero attached hydrogens (tertiary/aromatic N) is 4. The fraction of sp³-hybridized carbons (Fsp3) is 0.650. The number of hydrogen-bond donors (Lipinski definition) is 1. The second kappa shape index (κ2) is 8.50. The average molecular weight is 355 g/mol. The van der Waals surface area contributed by atoms with Gasteiger partial charge in [0.2, 0.25) is 5.91 Å². The zero-order valence-corrected chi connectivity index (χ0v) is 15.8. The van der Waals surface area contributed by atoms with Gasteiger partial charge < -0.3 is 10.2 Å². The van der Waals surface area contributed by atoms with E-state index in [4.69, 9.17) is 5.26 Å². The maximum atomic E-state index is 11.5. The van der Waals surface area contributed by atoms with E-state index in [1.54, 1.807) is 13.1 Å². The summed E-state index contributed by atoms with van der Waals surface area (Å²) in [6.07, 6.45) is 6.15. The molecule has 2 aliphatic rings. The summed E-state index contributed by atoms with van der Waals surface area (Å²) in [4.78, 5) is 20.5. The van der Waals surface area contributed by atoms with Gasteiger partial charge in [0.1, 0.15) is 11.9 Å². The topological polar surface area (TPSA) is 72.3 Å². The molecule has 3 rings (SSSR count). The van der Waals surface area contributed by atoms with E-state index in [1.807, 2.05) is 17.0 Å². The van der Waals surface area contributed by atoms with E-state index in [0.29, 0.717) is 23.6 Å². The van der Waals surface area contributed by atoms with Crippen molar-refractivity contribution in [1.29, 1.82) is 5.26 Å². The Morgan fingerprint density at radius 3 is 2.69 bits per heavy atom. The Kier molecular flexibility index (Phi) is 6.10. The minimum atomic E-state index is 0.195. The molecule has 2 fully saturated rings. The normalized spacial score (nSPS) is 24.4. The molecular formula is C20H29N5O. The van der Waals surface area contributed by atoms with Crippen molar-refractivity contribution < 1.29 is 4.79 Å². The molecule has 0 spiro atoms. The van der Waals surface area contributed by atoms with E-state index in [-0.39, 0.29) is 5.91 Å². The molecule has 1 aromatic heterocycles. The maximum absolute atomic E-state index is 11.5. The van der Waals surface area contributed by atoms with Crippen molar-refractivity contribution in [2.45, 2.75) is 51.6 Å². The predicted molar refractivity (Wildman–Crippen MR) is 102 cm³/mol. The van der Waals surface area contributed by atoms with Gasteiger partial charge in [-0.15, -0.1) is 0 Å². The van der Waals surface area contributed by atoms with Gasteiger partial charge in [-0.05, 0) is 37.3 Å². The van der Waals surface area contributed by atoms with Gasteiger partial charge in [0.05, 0.1) is 5.56 Å². The van der Waals surface area contributed by atoms with Crippen LogP contribution in [0.25, 0.3) is 0 Å². The summed E-state index contributed by atoms with van der Waals surface area (Å²) in [5.74, 6) is 1.66. The van der Waals surface area contributed by atoms with Gasteiger partial charge in [-0.25, -0.2) is 4.98 Å². The molecule has 2 saturated heterocycles. The van der Waals surface area contributed by atoms with E-state index in [2.05, 4.69) is 28.2 Å². The third-order valence-corrected chi connectivity index (χ3v) is 5.78. The molecule has 2 aliphatic heterocycles. The van der Waals surface area contributed by atoms with Crippen LogP contribution in [0.4, 0.5) is 5.82 Å². The number of piperidine rings is 1. The number of hydrogen-bond acceptors (Lipinski definition) is 5. The second-order valence-electron chi connectivity index (χ2n) is 7.53. The summed E-state index contributed by atoms with van der Waals surface area (Å²) in [5, 5.41) is 12.5. The lowest BCUT2D eigenvalue weighted by atomic mass is 9.98. The first kappa shape index (κ1) is 18.7. The average Bonchev–Trinajstić information content (AvgIpc) is 3.05. The minimum Gasteiger partial charge on any atom is -0.366 e. The predicted octanol–water partition coefficient (Wildman–Crippen LogP) is 2.48. The van der Waals surface area contributed by atoms with Crippen molar-refractivity contribution in [3.05, 3.63) is 23.9 Å². The maximum Gasteiger partial charge on any atom is 0.219 e. The molecule has 0 aliphatic carbocycles. The largest absolute Gasteiger partial charge is 0.366 e. The zero-order chi connectivity index (χ0) is 18.5. The molecule has 1 N–H and O–H groups in total. The van der Waals surface area contributed by atoms with Gasteiger partial charge in [-0.2, -0.15) is 5.26 Å². The summed E-state index contributed by atoms with van der Waals surface area (Å²) in [7, 11) is 0. The number of pyridine rings is 1. The van der Waals surface area contributed by atoms with Gasteiger partial charge in [0.15, 0.2) is 0 Å². The highest BCUT2D eigenvalue weighted by atomic mass is 16.2. The van der Waals surface area contributed by atoms with Gasteiger partial charge in [0.25, 0.3) is 0 Å². The molecule has 0 bridgehead atoms. The van der Waals surface area contributed by atoms with Gasteiger partial charge in [-0.3, -0.25) is 9.69 Å². The Morgan fingerprint density at radius 1 is 1.35 bits per heavy atom. The number of nitrogens with one attached hydrogen (secondary N) is 1. The molecule has 26 heavy (non-hydrogen) atoms. The van der Waals surface area contributed by atoms with E-state index in [0.717, 1.165) is 44.8 Å². The summed E-state index contributed by atoms with van der Waals surface area (Å²) >= 11 is 0. The SMILES string of the molecule is CCC[C@H]1CN(C2CCN(C(C)=O)CC2)C[C@@H]1Nc1ccc(C#N)cn1. The number of nitriles is 1. The van der Waals surface area contributed by atoms with Crippen molar-refractivity contribution in [2.24, 2.45) is 5.92 Å². The Hall–Kier alpha value is -2.13. The molecule has 0 radical (unpaired) electrons. The van der Waals surface area contributed by atoms with Crippen LogP contribution in [0.3, 0.4) is 0 Å². The van der Waals surface area contributed by atoms with Gasteiger partial charge >= 0.3 is 0 Å². The van der Waals surface area contributed by atoms with Crippen molar-refractivity contribution in [3.8, 4) is 6.07 Å². The molecule has 2 atom stereocenters. The number of likely N-dealkylation sites (tertiary alicyclic amines) is 2. The van der Waals surface area contributed by atoms with Crippen LogP contribution >= 0.6 is 0 Å². The second-order valence-corrected chi connectivity index (χ2v) is 7.53. The number of rotatable bonds is 5. The number of carbonyl (C=O) groups is 1. The summed E-state index contributed by atoms with van der Waals surface area (Å²) in [6, 6.07) is 6.79. The Balaban J connectivity index is 1.61. The first-order valence-electron chi connectivity index (χ1n) is 9.73. The summed E-state index contributed by atoms with van der Waals surface area (Å²) in [6.45, 7) is 7.81. The highest BCUT2D eigenvalue weighted by molar-refractivity contribution is 5.73. The van der Waals surface area contributed by atoms with E-state index >= 15 is 0 Å². The van der Waals surface area contributed by atoms with Crippen molar-refractivity contribution in [3.63, 3.8) is 0 Å². The minimum absolute atomic E-state index is 0.195.